The number of benzene rings is 1. The minimum atomic E-state index is -3.60. The zero-order valence-corrected chi connectivity index (χ0v) is 16.6. The Bertz CT molecular complexity index is 827. The van der Waals surface area contributed by atoms with Gasteiger partial charge in [-0.05, 0) is 63.3 Å². The maximum Gasteiger partial charge on any atom is 0.243 e. The van der Waals surface area contributed by atoms with Crippen LogP contribution < -0.4 is 10.6 Å². The van der Waals surface area contributed by atoms with Crippen molar-refractivity contribution in [2.75, 3.05) is 18.4 Å². The summed E-state index contributed by atoms with van der Waals surface area (Å²) in [6, 6.07) is 4.98. The van der Waals surface area contributed by atoms with Gasteiger partial charge in [-0.2, -0.15) is 4.31 Å². The number of amides is 2. The number of aryl methyl sites for hydroxylation is 1. The topological polar surface area (TPSA) is 95.6 Å². The Labute approximate surface area is 160 Å². The second-order valence-electron chi connectivity index (χ2n) is 7.56. The van der Waals surface area contributed by atoms with E-state index in [4.69, 9.17) is 0 Å². The maximum absolute atomic E-state index is 13.0. The Morgan fingerprint density at radius 2 is 1.93 bits per heavy atom. The van der Waals surface area contributed by atoms with E-state index in [0.29, 0.717) is 50.9 Å². The number of piperidine rings is 1. The van der Waals surface area contributed by atoms with Crippen LogP contribution in [0.5, 0.6) is 0 Å². The highest BCUT2D eigenvalue weighted by molar-refractivity contribution is 7.89. The van der Waals surface area contributed by atoms with Gasteiger partial charge in [0.15, 0.2) is 0 Å². The van der Waals surface area contributed by atoms with E-state index in [2.05, 4.69) is 10.6 Å². The number of fused-ring (bicyclic) bond motifs is 1. The molecule has 2 aliphatic rings. The first kappa shape index (κ1) is 19.8. The molecule has 0 radical (unpaired) electrons. The summed E-state index contributed by atoms with van der Waals surface area (Å²) in [6.45, 7) is 4.51. The third-order valence-corrected chi connectivity index (χ3v) is 6.99. The largest absolute Gasteiger partial charge is 0.354 e. The summed E-state index contributed by atoms with van der Waals surface area (Å²) >= 11 is 0. The molecule has 0 bridgehead atoms. The van der Waals surface area contributed by atoms with Crippen LogP contribution in [0.3, 0.4) is 0 Å². The summed E-state index contributed by atoms with van der Waals surface area (Å²) in [7, 11) is -3.60. The molecule has 0 unspecified atom stereocenters. The zero-order valence-electron chi connectivity index (χ0n) is 15.8. The lowest BCUT2D eigenvalue weighted by Crippen LogP contribution is -2.44. The van der Waals surface area contributed by atoms with Crippen molar-refractivity contribution < 1.29 is 18.0 Å². The first-order valence-corrected chi connectivity index (χ1v) is 10.9. The summed E-state index contributed by atoms with van der Waals surface area (Å²) in [5, 5.41) is 5.72. The molecule has 0 atom stereocenters. The molecule has 1 aromatic carbocycles. The minimum Gasteiger partial charge on any atom is -0.354 e. The lowest BCUT2D eigenvalue weighted by atomic mass is 9.97. The first-order chi connectivity index (χ1) is 12.8. The van der Waals surface area contributed by atoms with Gasteiger partial charge in [-0.1, -0.05) is 0 Å². The van der Waals surface area contributed by atoms with Crippen LogP contribution >= 0.6 is 0 Å². The van der Waals surface area contributed by atoms with Gasteiger partial charge < -0.3 is 10.6 Å². The molecule has 2 N–H and O–H groups in total. The second kappa shape index (κ2) is 7.98. The molecule has 0 aromatic heterocycles. The fourth-order valence-electron chi connectivity index (χ4n) is 3.62. The second-order valence-corrected chi connectivity index (χ2v) is 9.50. The molecule has 7 nitrogen and oxygen atoms in total. The predicted octanol–water partition coefficient (Wildman–Crippen LogP) is 1.89. The molecular weight excluding hydrogens is 366 g/mol. The van der Waals surface area contributed by atoms with E-state index in [0.717, 1.165) is 5.56 Å². The first-order valence-electron chi connectivity index (χ1n) is 9.50. The quantitative estimate of drug-likeness (QED) is 0.816. The van der Waals surface area contributed by atoms with E-state index in [1.165, 1.54) is 4.31 Å². The average molecular weight is 394 g/mol. The highest BCUT2D eigenvalue weighted by Crippen LogP contribution is 2.29. The third kappa shape index (κ3) is 4.50. The Morgan fingerprint density at radius 3 is 2.59 bits per heavy atom. The van der Waals surface area contributed by atoms with Gasteiger partial charge in [0.05, 0.1) is 4.90 Å². The number of nitrogens with zero attached hydrogens (tertiary/aromatic N) is 1. The summed E-state index contributed by atoms with van der Waals surface area (Å²) in [5.41, 5.74) is 1.55. The number of hydrogen-bond acceptors (Lipinski definition) is 4. The molecule has 148 valence electrons. The van der Waals surface area contributed by atoms with E-state index in [-0.39, 0.29) is 28.7 Å². The molecule has 0 spiro atoms. The van der Waals surface area contributed by atoms with Crippen LogP contribution in [0.2, 0.25) is 0 Å². The lowest BCUT2D eigenvalue weighted by Gasteiger charge is -2.31. The van der Waals surface area contributed by atoms with Crippen LogP contribution in [0.1, 0.15) is 45.1 Å². The minimum absolute atomic E-state index is 0.00261. The number of hydrogen-bond donors (Lipinski definition) is 2. The number of carbonyl (C=O) groups excluding carboxylic acids is 2. The Kier molecular flexibility index (Phi) is 5.86. The van der Waals surface area contributed by atoms with Crippen molar-refractivity contribution >= 4 is 27.5 Å². The number of anilines is 1. The molecule has 0 aliphatic carbocycles. The van der Waals surface area contributed by atoms with Crippen molar-refractivity contribution in [3.63, 3.8) is 0 Å². The van der Waals surface area contributed by atoms with Crippen LogP contribution in [-0.4, -0.2) is 43.7 Å². The smallest absolute Gasteiger partial charge is 0.243 e. The van der Waals surface area contributed by atoms with Crippen molar-refractivity contribution in [3.05, 3.63) is 23.8 Å². The van der Waals surface area contributed by atoms with Gasteiger partial charge in [-0.3, -0.25) is 9.59 Å². The van der Waals surface area contributed by atoms with Crippen molar-refractivity contribution in [1.29, 1.82) is 0 Å². The number of nitrogens with one attached hydrogen (secondary N) is 2. The van der Waals surface area contributed by atoms with Crippen LogP contribution in [0, 0.1) is 5.92 Å². The Balaban J connectivity index is 1.71. The molecule has 27 heavy (non-hydrogen) atoms. The van der Waals surface area contributed by atoms with Crippen molar-refractivity contribution in [1.82, 2.24) is 9.62 Å². The molecular formula is C19H27N3O4S. The van der Waals surface area contributed by atoms with Crippen LogP contribution in [0.4, 0.5) is 5.69 Å². The number of rotatable bonds is 4. The third-order valence-electron chi connectivity index (χ3n) is 5.09. The number of sulfonamides is 1. The van der Waals surface area contributed by atoms with Gasteiger partial charge in [-0.25, -0.2) is 8.42 Å². The zero-order chi connectivity index (χ0) is 19.6. The van der Waals surface area contributed by atoms with E-state index < -0.39 is 10.0 Å². The van der Waals surface area contributed by atoms with Gasteiger partial charge in [0.1, 0.15) is 0 Å². The van der Waals surface area contributed by atoms with Crippen LogP contribution in [-0.2, 0) is 26.0 Å². The van der Waals surface area contributed by atoms with E-state index in [1.54, 1.807) is 18.2 Å². The molecule has 2 heterocycles. The summed E-state index contributed by atoms with van der Waals surface area (Å²) in [6.07, 6.45) is 2.88. The summed E-state index contributed by atoms with van der Waals surface area (Å²) in [4.78, 5) is 24.1. The highest BCUT2D eigenvalue weighted by atomic mass is 32.2. The van der Waals surface area contributed by atoms with E-state index in [9.17, 15) is 18.0 Å². The predicted molar refractivity (Wildman–Crippen MR) is 103 cm³/mol. The van der Waals surface area contributed by atoms with Crippen molar-refractivity contribution in [2.24, 2.45) is 5.92 Å². The molecule has 3 rings (SSSR count). The maximum atomic E-state index is 13.0. The highest BCUT2D eigenvalue weighted by Gasteiger charge is 2.32. The van der Waals surface area contributed by atoms with Gasteiger partial charge >= 0.3 is 0 Å². The van der Waals surface area contributed by atoms with Crippen LogP contribution in [0.25, 0.3) is 0 Å². The summed E-state index contributed by atoms with van der Waals surface area (Å²) in [5.74, 6) is -0.171. The monoisotopic (exact) mass is 393 g/mol. The van der Waals surface area contributed by atoms with Gasteiger partial charge in [0.2, 0.25) is 21.8 Å². The molecule has 2 aliphatic heterocycles. The lowest BCUT2D eigenvalue weighted by molar-refractivity contribution is -0.126. The fourth-order valence-corrected chi connectivity index (χ4v) is 5.14. The Morgan fingerprint density at radius 1 is 1.22 bits per heavy atom. The molecule has 1 aromatic rings. The number of carbonyl (C=O) groups is 2. The molecule has 1 saturated heterocycles. The normalized spacial score (nSPS) is 19.3. The van der Waals surface area contributed by atoms with Crippen LogP contribution in [0.15, 0.2) is 23.1 Å². The molecule has 2 amide bonds. The van der Waals surface area contributed by atoms with Gasteiger partial charge in [-0.15, -0.1) is 0 Å². The van der Waals surface area contributed by atoms with Crippen molar-refractivity contribution in [2.45, 2.75) is 56.9 Å². The fraction of sp³-hybridized carbons (Fsp3) is 0.579. The molecule has 8 heteroatoms. The van der Waals surface area contributed by atoms with Crippen molar-refractivity contribution in [3.8, 4) is 0 Å². The molecule has 0 saturated carbocycles. The van der Waals surface area contributed by atoms with Gasteiger partial charge in [0, 0.05) is 37.2 Å². The van der Waals surface area contributed by atoms with E-state index >= 15 is 0 Å². The summed E-state index contributed by atoms with van der Waals surface area (Å²) < 4.78 is 27.5. The SMILES string of the molecule is CC(C)NC(=O)C1CCN(S(=O)(=O)c2ccc3c(c2)CCCC(=O)N3)CC1. The standard InChI is InChI=1S/C19H27N3O4S/c1-13(2)20-19(24)14-8-10-22(11-9-14)27(25,26)16-6-7-17-15(12-16)4-3-5-18(23)21-17/h6-7,12-14H,3-5,8-11H2,1-2H3,(H,20,24)(H,21,23). The van der Waals surface area contributed by atoms with Gasteiger partial charge in [0.25, 0.3) is 0 Å². The molecule has 1 fully saturated rings. The van der Waals surface area contributed by atoms with E-state index in [1.807, 2.05) is 13.8 Å². The Hall–Kier alpha value is -1.93. The average Bonchev–Trinajstić information content (AvgIpc) is 2.81.